The van der Waals surface area contributed by atoms with E-state index >= 15 is 0 Å². The Hall–Kier alpha value is -2.66. The van der Waals surface area contributed by atoms with Crippen LogP contribution in [-0.4, -0.2) is 70.3 Å². The van der Waals surface area contributed by atoms with Crippen LogP contribution in [0.2, 0.25) is 5.02 Å². The number of carbonyl (C=O) groups is 2. The first-order valence-electron chi connectivity index (χ1n) is 10.2. The lowest BCUT2D eigenvalue weighted by molar-refractivity contribution is -0.119. The monoisotopic (exact) mass is 496 g/mol. The molecule has 0 saturated heterocycles. The van der Waals surface area contributed by atoms with Crippen LogP contribution in [0, 0.1) is 6.92 Å². The molecule has 0 aliphatic carbocycles. The van der Waals surface area contributed by atoms with E-state index in [0.717, 1.165) is 9.87 Å². The van der Waals surface area contributed by atoms with Crippen LogP contribution in [-0.2, 0) is 19.6 Å². The number of nitrogens with zero attached hydrogens (tertiary/aromatic N) is 2. The van der Waals surface area contributed by atoms with Gasteiger partial charge in [0.1, 0.15) is 5.75 Å². The average molecular weight is 497 g/mol. The van der Waals surface area contributed by atoms with Crippen molar-refractivity contribution in [2.45, 2.75) is 18.7 Å². The van der Waals surface area contributed by atoms with E-state index in [2.05, 4.69) is 10.6 Å². The predicted octanol–water partition coefficient (Wildman–Crippen LogP) is 2.81. The Morgan fingerprint density at radius 3 is 2.15 bits per heavy atom. The van der Waals surface area contributed by atoms with E-state index in [1.807, 2.05) is 13.8 Å². The molecule has 11 heteroatoms. The first kappa shape index (κ1) is 26.6. The number of aryl methyl sites for hydroxylation is 1. The summed E-state index contributed by atoms with van der Waals surface area (Å²) in [5.41, 5.74) is 1.70. The molecule has 0 bridgehead atoms. The Bertz CT molecular complexity index is 1120. The summed E-state index contributed by atoms with van der Waals surface area (Å²) in [5.74, 6) is -0.383. The molecule has 0 spiro atoms. The molecule has 2 amide bonds. The van der Waals surface area contributed by atoms with Crippen LogP contribution in [0.4, 0.5) is 11.4 Å². The number of ether oxygens (including phenoxy) is 1. The molecule has 0 aliphatic heterocycles. The van der Waals surface area contributed by atoms with Crippen molar-refractivity contribution in [3.8, 4) is 5.75 Å². The number of sulfonamides is 1. The van der Waals surface area contributed by atoms with Crippen molar-refractivity contribution in [1.29, 1.82) is 0 Å². The maximum absolute atomic E-state index is 12.7. The Labute approximate surface area is 199 Å². The summed E-state index contributed by atoms with van der Waals surface area (Å²) in [5, 5.41) is 5.99. The summed E-state index contributed by atoms with van der Waals surface area (Å²) < 4.78 is 31.2. The van der Waals surface area contributed by atoms with Crippen molar-refractivity contribution in [2.75, 3.05) is 51.5 Å². The second-order valence-electron chi connectivity index (χ2n) is 7.51. The molecule has 0 unspecified atom stereocenters. The zero-order valence-corrected chi connectivity index (χ0v) is 20.9. The number of hydrogen-bond acceptors (Lipinski definition) is 6. The van der Waals surface area contributed by atoms with Gasteiger partial charge >= 0.3 is 0 Å². The maximum Gasteiger partial charge on any atom is 0.242 e. The van der Waals surface area contributed by atoms with Gasteiger partial charge in [0, 0.05) is 24.8 Å². The van der Waals surface area contributed by atoms with Gasteiger partial charge in [-0.25, -0.2) is 12.7 Å². The van der Waals surface area contributed by atoms with Crippen molar-refractivity contribution in [1.82, 2.24) is 9.21 Å². The summed E-state index contributed by atoms with van der Waals surface area (Å²) >= 11 is 6.00. The number of carbonyl (C=O) groups excluding carboxylic acids is 2. The number of nitrogens with one attached hydrogen (secondary N) is 2. The lowest BCUT2D eigenvalue weighted by atomic mass is 10.2. The third kappa shape index (κ3) is 7.16. The minimum atomic E-state index is -3.69. The van der Waals surface area contributed by atoms with E-state index in [9.17, 15) is 18.0 Å². The topological polar surface area (TPSA) is 108 Å². The van der Waals surface area contributed by atoms with Crippen LogP contribution in [0.15, 0.2) is 41.3 Å². The number of benzene rings is 2. The van der Waals surface area contributed by atoms with Crippen LogP contribution >= 0.6 is 11.6 Å². The van der Waals surface area contributed by atoms with E-state index in [1.54, 1.807) is 23.1 Å². The van der Waals surface area contributed by atoms with E-state index in [1.165, 1.54) is 39.4 Å². The van der Waals surface area contributed by atoms with Gasteiger partial charge in [0.2, 0.25) is 21.8 Å². The van der Waals surface area contributed by atoms with E-state index < -0.39 is 15.9 Å². The second-order valence-corrected chi connectivity index (χ2v) is 10.1. The quantitative estimate of drug-likeness (QED) is 0.523. The molecule has 0 radical (unpaired) electrons. The Morgan fingerprint density at radius 2 is 1.61 bits per heavy atom. The normalized spacial score (nSPS) is 11.5. The van der Waals surface area contributed by atoms with Crippen LogP contribution < -0.4 is 15.4 Å². The van der Waals surface area contributed by atoms with Gasteiger partial charge in [-0.3, -0.25) is 14.5 Å². The highest BCUT2D eigenvalue weighted by Gasteiger charge is 2.21. The van der Waals surface area contributed by atoms with Gasteiger partial charge in [-0.2, -0.15) is 0 Å². The first-order chi connectivity index (χ1) is 15.5. The molecule has 9 nitrogen and oxygen atoms in total. The van der Waals surface area contributed by atoms with Gasteiger partial charge in [0.25, 0.3) is 0 Å². The van der Waals surface area contributed by atoms with Gasteiger partial charge in [-0.1, -0.05) is 24.6 Å². The fourth-order valence-electron chi connectivity index (χ4n) is 2.95. The summed E-state index contributed by atoms with van der Waals surface area (Å²) in [6, 6.07) is 9.44. The highest BCUT2D eigenvalue weighted by molar-refractivity contribution is 7.89. The number of methoxy groups -OCH3 is 1. The zero-order chi connectivity index (χ0) is 24.8. The number of likely N-dealkylation sites (N-methyl/N-ethyl adjacent to an activating group) is 1. The third-order valence-electron chi connectivity index (χ3n) is 4.88. The molecular formula is C22H29ClN4O5S. The van der Waals surface area contributed by atoms with Crippen LogP contribution in [0.1, 0.15) is 12.5 Å². The predicted molar refractivity (Wildman–Crippen MR) is 129 cm³/mol. The van der Waals surface area contributed by atoms with Crippen molar-refractivity contribution in [2.24, 2.45) is 0 Å². The number of halogens is 1. The van der Waals surface area contributed by atoms with Gasteiger partial charge in [-0.15, -0.1) is 0 Å². The molecular weight excluding hydrogens is 468 g/mol. The fourth-order valence-corrected chi connectivity index (χ4v) is 4.05. The molecule has 2 N–H and O–H groups in total. The SMILES string of the molecule is CCN(CC(=O)Nc1cc(Cl)ccc1C)CC(=O)Nc1cc(S(=O)(=O)N(C)C)ccc1OC. The smallest absolute Gasteiger partial charge is 0.242 e. The van der Waals surface area contributed by atoms with Crippen molar-refractivity contribution in [3.63, 3.8) is 0 Å². The van der Waals surface area contributed by atoms with Gasteiger partial charge in [0.05, 0.1) is 30.8 Å². The lowest BCUT2D eigenvalue weighted by Crippen LogP contribution is -2.38. The Kier molecular flexibility index (Phi) is 9.24. The number of anilines is 2. The standard InChI is InChI=1S/C22H29ClN4O5S/c1-6-27(13-21(28)24-18-11-16(23)8-7-15(18)2)14-22(29)25-19-12-17(9-10-20(19)32-5)33(30,31)26(3)4/h7-12H,6,13-14H2,1-5H3,(H,24,28)(H,25,29). The first-order valence-corrected chi connectivity index (χ1v) is 12.0. The minimum Gasteiger partial charge on any atom is -0.495 e. The number of hydrogen-bond donors (Lipinski definition) is 2. The van der Waals surface area contributed by atoms with Gasteiger partial charge in [-0.05, 0) is 49.4 Å². The molecule has 0 fully saturated rings. The third-order valence-corrected chi connectivity index (χ3v) is 6.93. The molecule has 33 heavy (non-hydrogen) atoms. The molecule has 0 atom stereocenters. The minimum absolute atomic E-state index is 0.0118. The molecule has 0 aliphatic rings. The number of amides is 2. The van der Waals surface area contributed by atoms with Gasteiger partial charge < -0.3 is 15.4 Å². The van der Waals surface area contributed by atoms with E-state index in [-0.39, 0.29) is 29.6 Å². The van der Waals surface area contributed by atoms with Crippen molar-refractivity contribution < 1.29 is 22.7 Å². The average Bonchev–Trinajstić information content (AvgIpc) is 2.75. The molecule has 2 aromatic rings. The highest BCUT2D eigenvalue weighted by Crippen LogP contribution is 2.28. The number of rotatable bonds is 10. The summed E-state index contributed by atoms with van der Waals surface area (Å²) in [7, 11) is 0.583. The Morgan fingerprint density at radius 1 is 1.00 bits per heavy atom. The summed E-state index contributed by atoms with van der Waals surface area (Å²) in [4.78, 5) is 26.8. The maximum atomic E-state index is 12.7. The molecule has 0 heterocycles. The van der Waals surface area contributed by atoms with Crippen LogP contribution in [0.5, 0.6) is 5.75 Å². The van der Waals surface area contributed by atoms with Crippen LogP contribution in [0.3, 0.4) is 0 Å². The van der Waals surface area contributed by atoms with Gasteiger partial charge in [0.15, 0.2) is 0 Å². The second kappa shape index (κ2) is 11.5. The molecule has 180 valence electrons. The van der Waals surface area contributed by atoms with E-state index in [4.69, 9.17) is 16.3 Å². The molecule has 0 aromatic heterocycles. The van der Waals surface area contributed by atoms with Crippen LogP contribution in [0.25, 0.3) is 0 Å². The molecule has 2 aromatic carbocycles. The zero-order valence-electron chi connectivity index (χ0n) is 19.3. The summed E-state index contributed by atoms with van der Waals surface area (Å²) in [6.45, 7) is 4.04. The highest BCUT2D eigenvalue weighted by atomic mass is 35.5. The summed E-state index contributed by atoms with van der Waals surface area (Å²) in [6.07, 6.45) is 0. The Balaban J connectivity index is 2.09. The molecule has 0 saturated carbocycles. The largest absolute Gasteiger partial charge is 0.495 e. The molecule has 2 rings (SSSR count). The van der Waals surface area contributed by atoms with Crippen molar-refractivity contribution >= 4 is 44.8 Å². The lowest BCUT2D eigenvalue weighted by Gasteiger charge is -2.20. The van der Waals surface area contributed by atoms with Crippen molar-refractivity contribution in [3.05, 3.63) is 47.0 Å². The van der Waals surface area contributed by atoms with E-state index in [0.29, 0.717) is 23.0 Å². The fraction of sp³-hybridized carbons (Fsp3) is 0.364.